The highest BCUT2D eigenvalue weighted by Gasteiger charge is 2.35. The first-order chi connectivity index (χ1) is 18.3. The highest BCUT2D eigenvalue weighted by molar-refractivity contribution is 6.39. The van der Waals surface area contributed by atoms with Gasteiger partial charge in [-0.1, -0.05) is 41.4 Å². The molecule has 1 aliphatic heterocycles. The fraction of sp³-hybridized carbons (Fsp3) is 0.414. The zero-order valence-electron chi connectivity index (χ0n) is 21.9. The number of rotatable bonds is 5. The molecule has 2 heterocycles. The molecule has 10 heteroatoms. The van der Waals surface area contributed by atoms with Gasteiger partial charge in [0.1, 0.15) is 5.02 Å². The summed E-state index contributed by atoms with van der Waals surface area (Å²) in [6.45, 7) is 3.32. The summed E-state index contributed by atoms with van der Waals surface area (Å²) >= 11 is 12.6. The number of aromatic nitrogens is 1. The number of carbonyl (C=O) groups is 2. The van der Waals surface area contributed by atoms with Crippen LogP contribution in [0.15, 0.2) is 48.7 Å². The third kappa shape index (κ3) is 6.43. The van der Waals surface area contributed by atoms with Crippen molar-refractivity contribution in [1.82, 2.24) is 14.8 Å². The number of halogens is 3. The average molecular weight is 592 g/mol. The molecule has 2 amide bonds. The van der Waals surface area contributed by atoms with Crippen molar-refractivity contribution >= 4 is 64.0 Å². The molecule has 0 unspecified atom stereocenters. The molecule has 5 rings (SSSR count). The van der Waals surface area contributed by atoms with Crippen molar-refractivity contribution < 1.29 is 14.7 Å². The molecule has 1 aliphatic carbocycles. The van der Waals surface area contributed by atoms with Crippen LogP contribution in [0.1, 0.15) is 31.2 Å². The molecule has 2 aromatic carbocycles. The molecule has 0 radical (unpaired) electrons. The summed E-state index contributed by atoms with van der Waals surface area (Å²) in [5.41, 5.74) is 2.10. The van der Waals surface area contributed by atoms with Crippen LogP contribution in [0, 0.1) is 5.92 Å². The van der Waals surface area contributed by atoms with E-state index in [4.69, 9.17) is 23.2 Å². The first-order valence-corrected chi connectivity index (χ1v) is 13.9. The Morgan fingerprint density at radius 3 is 2.44 bits per heavy atom. The van der Waals surface area contributed by atoms with Crippen LogP contribution in [0.2, 0.25) is 10.0 Å². The van der Waals surface area contributed by atoms with Crippen LogP contribution in [0.5, 0.6) is 5.75 Å². The van der Waals surface area contributed by atoms with Gasteiger partial charge >= 0.3 is 0 Å². The highest BCUT2D eigenvalue weighted by Crippen LogP contribution is 2.42. The zero-order chi connectivity index (χ0) is 26.8. The van der Waals surface area contributed by atoms with Crippen molar-refractivity contribution in [2.24, 2.45) is 5.92 Å². The van der Waals surface area contributed by atoms with E-state index in [0.29, 0.717) is 31.4 Å². The second-order valence-corrected chi connectivity index (χ2v) is 11.1. The van der Waals surface area contributed by atoms with Gasteiger partial charge in [-0.2, -0.15) is 0 Å². The maximum absolute atomic E-state index is 13.8. The summed E-state index contributed by atoms with van der Waals surface area (Å²) in [4.78, 5) is 37.4. The third-order valence-electron chi connectivity index (χ3n) is 7.80. The summed E-state index contributed by atoms with van der Waals surface area (Å²) in [7, 11) is 2.08. The molecule has 1 N–H and O–H groups in total. The number of likely N-dealkylation sites (N-methyl/N-ethyl adjacent to an activating group) is 1. The van der Waals surface area contributed by atoms with Crippen LogP contribution in [0.3, 0.4) is 0 Å². The number of aromatic hydroxyl groups is 1. The lowest BCUT2D eigenvalue weighted by Gasteiger charge is -2.39. The van der Waals surface area contributed by atoms with E-state index in [1.165, 1.54) is 0 Å². The quantitative estimate of drug-likeness (QED) is 0.419. The normalized spacial score (nSPS) is 19.9. The molecule has 0 spiro atoms. The molecule has 0 atom stereocenters. The van der Waals surface area contributed by atoms with Crippen molar-refractivity contribution in [2.45, 2.75) is 38.1 Å². The molecule has 2 aliphatic rings. The van der Waals surface area contributed by atoms with E-state index in [1.807, 2.05) is 35.2 Å². The van der Waals surface area contributed by atoms with Gasteiger partial charge in [0.15, 0.2) is 5.75 Å². The monoisotopic (exact) mass is 590 g/mol. The maximum Gasteiger partial charge on any atom is 0.231 e. The van der Waals surface area contributed by atoms with Crippen molar-refractivity contribution in [3.05, 3.63) is 64.3 Å². The molecule has 0 bridgehead atoms. The van der Waals surface area contributed by atoms with Crippen LogP contribution in [-0.4, -0.2) is 71.0 Å². The predicted molar refractivity (Wildman–Crippen MR) is 158 cm³/mol. The molecular formula is C29H33Cl3N4O3. The van der Waals surface area contributed by atoms with Crippen LogP contribution < -0.4 is 4.90 Å². The van der Waals surface area contributed by atoms with Gasteiger partial charge in [-0.3, -0.25) is 14.6 Å². The van der Waals surface area contributed by atoms with E-state index in [2.05, 4.69) is 16.9 Å². The van der Waals surface area contributed by atoms with E-state index in [0.717, 1.165) is 42.6 Å². The first kappa shape index (κ1) is 29.4. The number of fused-ring (bicyclic) bond motifs is 1. The van der Waals surface area contributed by atoms with Gasteiger partial charge < -0.3 is 19.8 Å². The molecule has 7 nitrogen and oxygen atoms in total. The Kier molecular flexibility index (Phi) is 9.60. The molecular weight excluding hydrogens is 559 g/mol. The molecule has 1 saturated heterocycles. The summed E-state index contributed by atoms with van der Waals surface area (Å²) in [5, 5.41) is 11.6. The summed E-state index contributed by atoms with van der Waals surface area (Å²) in [6.07, 6.45) is 4.61. The van der Waals surface area contributed by atoms with Gasteiger partial charge in [0.05, 0.1) is 22.6 Å². The lowest BCUT2D eigenvalue weighted by Crippen LogP contribution is -2.50. The SMILES string of the molecule is CN1CCN(C(=O)C2CCC(N(C(=O)Cc3cnc4ccccc4c3)c3ccc(Cl)c(O)c3Cl)CC2)CC1.Cl. The van der Waals surface area contributed by atoms with Crippen molar-refractivity contribution in [3.63, 3.8) is 0 Å². The molecule has 1 aromatic heterocycles. The molecule has 1 saturated carbocycles. The number of hydrogen-bond donors (Lipinski definition) is 1. The van der Waals surface area contributed by atoms with Gasteiger partial charge in [-0.05, 0) is 62.6 Å². The second kappa shape index (κ2) is 12.7. The van der Waals surface area contributed by atoms with E-state index < -0.39 is 0 Å². The Morgan fingerprint density at radius 1 is 1.03 bits per heavy atom. The molecule has 3 aromatic rings. The Balaban J connectivity index is 0.00000353. The van der Waals surface area contributed by atoms with Crippen molar-refractivity contribution in [3.8, 4) is 5.75 Å². The number of amides is 2. The number of carbonyl (C=O) groups excluding carboxylic acids is 2. The largest absolute Gasteiger partial charge is 0.505 e. The minimum Gasteiger partial charge on any atom is -0.505 e. The topological polar surface area (TPSA) is 77.0 Å². The van der Waals surface area contributed by atoms with E-state index >= 15 is 0 Å². The first-order valence-electron chi connectivity index (χ1n) is 13.1. The number of phenols is 1. The van der Waals surface area contributed by atoms with Crippen LogP contribution in [-0.2, 0) is 16.0 Å². The number of piperazine rings is 1. The Hall–Kier alpha value is -2.58. The summed E-state index contributed by atoms with van der Waals surface area (Å²) in [5.74, 6) is -0.196. The zero-order valence-corrected chi connectivity index (χ0v) is 24.2. The lowest BCUT2D eigenvalue weighted by atomic mass is 9.84. The second-order valence-electron chi connectivity index (χ2n) is 10.3. The smallest absolute Gasteiger partial charge is 0.231 e. The van der Waals surface area contributed by atoms with Crippen LogP contribution in [0.4, 0.5) is 5.69 Å². The predicted octanol–water partition coefficient (Wildman–Crippen LogP) is 5.58. The van der Waals surface area contributed by atoms with E-state index in [9.17, 15) is 14.7 Å². The number of benzene rings is 2. The van der Waals surface area contributed by atoms with Crippen LogP contribution >= 0.6 is 35.6 Å². The van der Waals surface area contributed by atoms with Gasteiger partial charge in [-0.15, -0.1) is 12.4 Å². The minimum absolute atomic E-state index is 0. The molecule has 39 heavy (non-hydrogen) atoms. The third-order valence-corrected chi connectivity index (χ3v) is 8.48. The summed E-state index contributed by atoms with van der Waals surface area (Å²) < 4.78 is 0. The van der Waals surface area contributed by atoms with Crippen molar-refractivity contribution in [2.75, 3.05) is 38.1 Å². The Morgan fingerprint density at radius 2 is 1.72 bits per heavy atom. The lowest BCUT2D eigenvalue weighted by molar-refractivity contribution is -0.138. The minimum atomic E-state index is -0.241. The van der Waals surface area contributed by atoms with Gasteiger partial charge in [0.25, 0.3) is 0 Å². The fourth-order valence-electron chi connectivity index (χ4n) is 5.59. The highest BCUT2D eigenvalue weighted by atomic mass is 35.5. The molecule has 2 fully saturated rings. The number of para-hydroxylation sites is 1. The number of anilines is 1. The summed E-state index contributed by atoms with van der Waals surface area (Å²) in [6, 6.07) is 12.9. The van der Waals surface area contributed by atoms with Gasteiger partial charge in [0, 0.05) is 49.7 Å². The van der Waals surface area contributed by atoms with E-state index in [-0.39, 0.29) is 58.4 Å². The number of pyridine rings is 1. The number of nitrogens with zero attached hydrogens (tertiary/aromatic N) is 4. The maximum atomic E-state index is 13.8. The average Bonchev–Trinajstić information content (AvgIpc) is 2.93. The fourth-order valence-corrected chi connectivity index (χ4v) is 6.05. The number of hydrogen-bond acceptors (Lipinski definition) is 5. The standard InChI is InChI=1S/C29H32Cl2N4O3.ClH/c1-33-12-14-34(15-13-33)29(38)20-6-8-22(9-7-20)35(25-11-10-23(30)28(37)27(25)31)26(36)17-19-16-21-4-2-3-5-24(21)32-18-19;/h2-5,10-11,16,18,20,22,37H,6-9,12-15,17H2,1H3;1H. The number of phenolic OH excluding ortho intramolecular Hbond substituents is 1. The van der Waals surface area contributed by atoms with Gasteiger partial charge in [-0.25, -0.2) is 0 Å². The Labute approximate surface area is 245 Å². The van der Waals surface area contributed by atoms with Crippen LogP contribution in [0.25, 0.3) is 10.9 Å². The van der Waals surface area contributed by atoms with Crippen molar-refractivity contribution in [1.29, 1.82) is 0 Å². The molecule has 208 valence electrons. The van der Waals surface area contributed by atoms with Gasteiger partial charge in [0.2, 0.25) is 11.8 Å². The van der Waals surface area contributed by atoms with E-state index in [1.54, 1.807) is 23.2 Å². The Bertz CT molecular complexity index is 1340.